The number of aliphatic imine (C=N–C) groups is 1. The number of nitrogens with zero attached hydrogens (tertiary/aromatic N) is 1. The number of rotatable bonds is 7. The van der Waals surface area contributed by atoms with E-state index in [9.17, 15) is 0 Å². The molecule has 0 bridgehead atoms. The molecule has 4 radical (unpaired) electrons. The first-order valence-corrected chi connectivity index (χ1v) is 11.9. The summed E-state index contributed by atoms with van der Waals surface area (Å²) in [5.74, 6) is 0. The Balaban J connectivity index is -0.000000255. The van der Waals surface area contributed by atoms with Crippen LogP contribution in [0.2, 0.25) is 0 Å². The summed E-state index contributed by atoms with van der Waals surface area (Å²) in [4.78, 5) is 4.38. The van der Waals surface area contributed by atoms with Crippen LogP contribution in [0.5, 0.6) is 0 Å². The Bertz CT molecular complexity index is 1120. The predicted molar refractivity (Wildman–Crippen MR) is 163 cm³/mol. The van der Waals surface area contributed by atoms with Gasteiger partial charge in [0.05, 0.1) is 5.69 Å². The Morgan fingerprint density at radius 1 is 0.625 bits per heavy atom. The number of aryl methyl sites for hydroxylation is 4. The van der Waals surface area contributed by atoms with Crippen LogP contribution in [0.15, 0.2) is 114 Å². The summed E-state index contributed by atoms with van der Waals surface area (Å²) in [5.41, 5.74) is 7.55. The summed E-state index contributed by atoms with van der Waals surface area (Å²) in [5, 5.41) is 0. The number of benzene rings is 4. The van der Waals surface area contributed by atoms with Crippen molar-refractivity contribution >= 4 is 26.5 Å². The smallest absolute Gasteiger partial charge is 0.0629 e. The van der Waals surface area contributed by atoms with E-state index < -0.39 is 0 Å². The van der Waals surface area contributed by atoms with Gasteiger partial charge in [0, 0.05) is 92.2 Å². The van der Waals surface area contributed by atoms with Gasteiger partial charge in [0.25, 0.3) is 0 Å². The van der Waals surface area contributed by atoms with E-state index in [1.54, 1.807) is 0 Å². The molecule has 0 atom stereocenters. The molecule has 210 valence electrons. The molecule has 0 aliphatic heterocycles. The number of hydrogen-bond donors (Lipinski definition) is 0. The molecule has 0 unspecified atom stereocenters. The molecule has 0 heterocycles. The maximum Gasteiger partial charge on any atom is 0.0629 e. The SMILES string of the molecule is Cc1ccc(C=Nc2ccccc2)cc1.Cc1ccc(CCc2ccccc2)cc1.[3H][CH-][B][CH2-].[3H][CH-][B][CH2-].[Co].[Co].[Zr].[Zr]. The molecule has 0 amide bonds. The van der Waals surface area contributed by atoms with Gasteiger partial charge >= 0.3 is 0 Å². The van der Waals surface area contributed by atoms with E-state index in [0.717, 1.165) is 37.7 Å². The van der Waals surface area contributed by atoms with Gasteiger partial charge in [-0.2, -0.15) is 0 Å². The van der Waals surface area contributed by atoms with Crippen molar-refractivity contribution in [2.75, 3.05) is 0 Å². The van der Waals surface area contributed by atoms with Crippen LogP contribution >= 0.6 is 0 Å². The van der Waals surface area contributed by atoms with Crippen molar-refractivity contribution < 1.29 is 88.7 Å². The second-order valence-corrected chi connectivity index (χ2v) is 7.95. The molecule has 0 aliphatic carbocycles. The van der Waals surface area contributed by atoms with Crippen LogP contribution in [-0.2, 0) is 98.8 Å². The molecule has 0 aromatic heterocycles. The van der Waals surface area contributed by atoms with Crippen LogP contribution in [0.25, 0.3) is 0 Å². The van der Waals surface area contributed by atoms with Gasteiger partial charge in [-0.1, -0.05) is 108 Å². The molecule has 0 saturated heterocycles. The van der Waals surface area contributed by atoms with Crippen molar-refractivity contribution in [3.8, 4) is 0 Å². The maximum atomic E-state index is 6.21. The monoisotopic (exact) mass is 771 g/mol. The summed E-state index contributed by atoms with van der Waals surface area (Å²) in [7, 11) is 2.83. The third kappa shape index (κ3) is 24.1. The minimum atomic E-state index is 0. The van der Waals surface area contributed by atoms with Crippen molar-refractivity contribution in [1.82, 2.24) is 0 Å². The van der Waals surface area contributed by atoms with Crippen molar-refractivity contribution in [2.45, 2.75) is 26.7 Å². The molecule has 1 nitrogen and oxygen atoms in total. The first-order valence-electron chi connectivity index (χ1n) is 13.1. The molecule has 4 rings (SSSR count). The Labute approximate surface area is 308 Å². The third-order valence-electron chi connectivity index (χ3n) is 4.86. The molecular formula is C33H37B2Co2NZr2-4. The van der Waals surface area contributed by atoms with Gasteiger partial charge in [-0.15, -0.1) is 0 Å². The zero-order valence-electron chi connectivity index (χ0n) is 25.2. The Kier molecular flexibility index (Phi) is 32.6. The molecule has 4 aromatic carbocycles. The molecule has 0 spiro atoms. The van der Waals surface area contributed by atoms with E-state index in [0.29, 0.717) is 0 Å². The number of para-hydroxylation sites is 1. The molecular weight excluding hydrogens is 732 g/mol. The fraction of sp³-hybridized carbons (Fsp3) is 0.121. The van der Waals surface area contributed by atoms with Crippen molar-refractivity contribution in [2.24, 2.45) is 4.99 Å². The zero-order valence-corrected chi connectivity index (χ0v) is 30.2. The summed E-state index contributed by atoms with van der Waals surface area (Å²) in [6.07, 6.45) is 4.14. The molecule has 0 N–H and O–H groups in total. The van der Waals surface area contributed by atoms with Gasteiger partial charge in [-0.25, -0.2) is 2.74 Å². The van der Waals surface area contributed by atoms with Crippen molar-refractivity contribution in [3.05, 3.63) is 164 Å². The van der Waals surface area contributed by atoms with Crippen molar-refractivity contribution in [1.29, 1.82) is 0 Å². The topological polar surface area (TPSA) is 12.4 Å². The van der Waals surface area contributed by atoms with Crippen LogP contribution in [0.4, 0.5) is 5.69 Å². The second kappa shape index (κ2) is 31.4. The van der Waals surface area contributed by atoms with E-state index in [2.05, 4.69) is 111 Å². The van der Waals surface area contributed by atoms with Crippen LogP contribution in [0.1, 0.15) is 30.6 Å². The van der Waals surface area contributed by atoms with Gasteiger partial charge in [0.1, 0.15) is 0 Å². The first kappa shape index (κ1) is 41.6. The molecule has 40 heavy (non-hydrogen) atoms. The van der Waals surface area contributed by atoms with E-state index in [-0.39, 0.29) is 86.0 Å². The van der Waals surface area contributed by atoms with Crippen LogP contribution in [0.3, 0.4) is 0 Å². The summed E-state index contributed by atoms with van der Waals surface area (Å²) in [6.45, 7) is 13.0. The second-order valence-electron chi connectivity index (χ2n) is 7.95. The largest absolute Gasteiger partial charge is 0.402 e. The fourth-order valence-corrected chi connectivity index (χ4v) is 3.00. The van der Waals surface area contributed by atoms with Crippen LogP contribution in [-0.4, -0.2) is 20.8 Å². The Hall–Kier alpha value is -0.541. The van der Waals surface area contributed by atoms with Crippen molar-refractivity contribution in [3.63, 3.8) is 0 Å². The van der Waals surface area contributed by atoms with E-state index in [1.807, 2.05) is 36.5 Å². The molecule has 0 aliphatic rings. The van der Waals surface area contributed by atoms with Crippen LogP contribution < -0.4 is 0 Å². The fourth-order valence-electron chi connectivity index (χ4n) is 3.00. The van der Waals surface area contributed by atoms with Crippen LogP contribution in [0, 0.1) is 41.1 Å². The Morgan fingerprint density at radius 3 is 1.43 bits per heavy atom. The number of hydrogen-bond acceptors (Lipinski definition) is 1. The molecule has 0 saturated carbocycles. The predicted octanol–water partition coefficient (Wildman–Crippen LogP) is 8.06. The summed E-state index contributed by atoms with van der Waals surface area (Å²) in [6, 6.07) is 37.7. The molecule has 4 aromatic rings. The normalized spacial score (nSPS) is 9.20. The maximum absolute atomic E-state index is 6.21. The first-order chi connectivity index (χ1) is 18.5. The zero-order chi connectivity index (χ0) is 27.8. The third-order valence-corrected chi connectivity index (χ3v) is 4.86. The molecule has 7 heteroatoms. The average Bonchev–Trinajstić information content (AvgIpc) is 2.98. The average molecular weight is 774 g/mol. The van der Waals surface area contributed by atoms with Gasteiger partial charge < -0.3 is 41.8 Å². The standard InChI is InChI=1S/C15H16.C14H13N.2C2H4B.2Co.2Zr/c1-13-7-9-15(10-8-13)12-11-14-5-3-2-4-6-14;1-12-7-9-13(10-8-12)11-15-14-5-3-2-4-6-14;2*1-3-2;;;;/h2-10H,11-12H2,1H3;2-11H,1H3;2*1-2H2;;;;/q;;2*-2;;;;/i;;2*1T;;;;. The minimum absolute atomic E-state index is 0. The quantitative estimate of drug-likeness (QED) is 0.103. The van der Waals surface area contributed by atoms with E-state index in [1.165, 1.54) is 36.8 Å². The summed E-state index contributed by atoms with van der Waals surface area (Å²) < 4.78 is 12.4. The minimum Gasteiger partial charge on any atom is -0.402 e. The van der Waals surface area contributed by atoms with E-state index in [4.69, 9.17) is 2.74 Å². The van der Waals surface area contributed by atoms with E-state index >= 15 is 0 Å². The van der Waals surface area contributed by atoms with Gasteiger partial charge in [0.15, 0.2) is 0 Å². The molecule has 0 fully saturated rings. The van der Waals surface area contributed by atoms with Gasteiger partial charge in [-0.3, -0.25) is 4.99 Å². The summed E-state index contributed by atoms with van der Waals surface area (Å²) >= 11 is 0. The van der Waals surface area contributed by atoms with Gasteiger partial charge in [0.2, 0.25) is 0 Å². The van der Waals surface area contributed by atoms with Gasteiger partial charge in [-0.05, 0) is 55.5 Å². The Morgan fingerprint density at radius 2 is 1.00 bits per heavy atom.